The molecule has 1 saturated heterocycles. The lowest BCUT2D eigenvalue weighted by Gasteiger charge is -2.28. The minimum atomic E-state index is -4.35. The van der Waals surface area contributed by atoms with Gasteiger partial charge in [0.25, 0.3) is 0 Å². The molecule has 1 atom stereocenters. The van der Waals surface area contributed by atoms with Gasteiger partial charge in [0, 0.05) is 6.54 Å². The van der Waals surface area contributed by atoms with E-state index in [2.05, 4.69) is 34.0 Å². The Balaban J connectivity index is 2.01. The molecule has 114 valence electrons. The molecule has 1 unspecified atom stereocenters. The molecule has 2 rings (SSSR count). The molecule has 0 aliphatic carbocycles. The number of hydrogen-bond acceptors (Lipinski definition) is 5. The third-order valence-corrected chi connectivity index (χ3v) is 3.68. The highest BCUT2D eigenvalue weighted by Crippen LogP contribution is 2.36. The maximum absolute atomic E-state index is 12.0. The Bertz CT molecular complexity index is 439. The number of rotatable bonds is 5. The molecule has 5 nitrogen and oxygen atoms in total. The molecule has 1 aromatic heterocycles. The van der Waals surface area contributed by atoms with Crippen LogP contribution in [0, 0.1) is 5.92 Å². The number of aromatic nitrogens is 2. The molecule has 1 aliphatic heterocycles. The van der Waals surface area contributed by atoms with Crippen molar-refractivity contribution in [3.8, 4) is 0 Å². The van der Waals surface area contributed by atoms with Gasteiger partial charge in [0.2, 0.25) is 5.89 Å². The lowest BCUT2D eigenvalue weighted by Crippen LogP contribution is -2.35. The van der Waals surface area contributed by atoms with Crippen LogP contribution in [0.2, 0.25) is 0 Å². The fourth-order valence-corrected chi connectivity index (χ4v) is 2.41. The van der Waals surface area contributed by atoms with E-state index in [0.717, 1.165) is 19.5 Å². The molecular weight excluding hydrogens is 275 g/mol. The van der Waals surface area contributed by atoms with Gasteiger partial charge in [-0.15, -0.1) is 0 Å². The van der Waals surface area contributed by atoms with Crippen molar-refractivity contribution in [3.63, 3.8) is 0 Å². The first-order chi connectivity index (χ1) is 9.33. The van der Waals surface area contributed by atoms with Gasteiger partial charge in [0.1, 0.15) is 13.2 Å². The number of nitrogens with zero attached hydrogens (tertiary/aromatic N) is 2. The SMILES string of the molecule is CC(C)C1(c2nc(COCC(F)(F)F)no2)CCNC1. The lowest BCUT2D eigenvalue weighted by molar-refractivity contribution is -0.177. The van der Waals surface area contributed by atoms with Crippen molar-refractivity contribution in [2.24, 2.45) is 5.92 Å². The zero-order valence-electron chi connectivity index (χ0n) is 11.5. The van der Waals surface area contributed by atoms with E-state index < -0.39 is 12.8 Å². The van der Waals surface area contributed by atoms with Gasteiger partial charge in [-0.1, -0.05) is 19.0 Å². The molecule has 0 radical (unpaired) electrons. The zero-order chi connectivity index (χ0) is 14.8. The number of hydrogen-bond donors (Lipinski definition) is 1. The van der Waals surface area contributed by atoms with E-state index in [9.17, 15) is 13.2 Å². The Hall–Kier alpha value is -1.15. The Labute approximate surface area is 114 Å². The van der Waals surface area contributed by atoms with E-state index in [-0.39, 0.29) is 17.8 Å². The largest absolute Gasteiger partial charge is 0.411 e. The molecular formula is C12H18F3N3O2. The molecule has 0 amide bonds. The van der Waals surface area contributed by atoms with Gasteiger partial charge in [-0.2, -0.15) is 18.2 Å². The summed E-state index contributed by atoms with van der Waals surface area (Å²) in [5, 5.41) is 6.96. The van der Waals surface area contributed by atoms with Crippen LogP contribution in [0.5, 0.6) is 0 Å². The summed E-state index contributed by atoms with van der Waals surface area (Å²) in [7, 11) is 0. The predicted octanol–water partition coefficient (Wildman–Crippen LogP) is 2.04. The third kappa shape index (κ3) is 3.29. The second kappa shape index (κ2) is 5.69. The van der Waals surface area contributed by atoms with Crippen molar-refractivity contribution in [3.05, 3.63) is 11.7 Å². The average molecular weight is 293 g/mol. The summed E-state index contributed by atoms with van der Waals surface area (Å²) in [5.41, 5.74) is -0.241. The Morgan fingerprint density at radius 3 is 2.75 bits per heavy atom. The maximum atomic E-state index is 12.0. The van der Waals surface area contributed by atoms with E-state index in [1.165, 1.54) is 0 Å². The van der Waals surface area contributed by atoms with Crippen molar-refractivity contribution in [2.45, 2.75) is 38.5 Å². The van der Waals surface area contributed by atoms with Crippen LogP contribution in [0.15, 0.2) is 4.52 Å². The first kappa shape index (κ1) is 15.2. The van der Waals surface area contributed by atoms with Gasteiger partial charge >= 0.3 is 6.18 Å². The summed E-state index contributed by atoms with van der Waals surface area (Å²) in [5.74, 6) is 0.918. The van der Waals surface area contributed by atoms with Crippen molar-refractivity contribution < 1.29 is 22.4 Å². The molecule has 1 aliphatic rings. The van der Waals surface area contributed by atoms with Crippen LogP contribution < -0.4 is 5.32 Å². The van der Waals surface area contributed by atoms with Crippen LogP contribution in [-0.2, 0) is 16.8 Å². The van der Waals surface area contributed by atoms with Crippen molar-refractivity contribution >= 4 is 0 Å². The smallest absolute Gasteiger partial charge is 0.364 e. The maximum Gasteiger partial charge on any atom is 0.411 e. The van der Waals surface area contributed by atoms with Crippen LogP contribution in [0.25, 0.3) is 0 Å². The van der Waals surface area contributed by atoms with E-state index in [0.29, 0.717) is 11.8 Å². The highest BCUT2D eigenvalue weighted by Gasteiger charge is 2.43. The number of nitrogens with one attached hydrogen (secondary N) is 1. The predicted molar refractivity (Wildman–Crippen MR) is 64.0 cm³/mol. The summed E-state index contributed by atoms with van der Waals surface area (Å²) >= 11 is 0. The van der Waals surface area contributed by atoms with Crippen LogP contribution in [0.4, 0.5) is 13.2 Å². The van der Waals surface area contributed by atoms with Crippen LogP contribution >= 0.6 is 0 Å². The van der Waals surface area contributed by atoms with Gasteiger partial charge in [0.15, 0.2) is 5.82 Å². The fraction of sp³-hybridized carbons (Fsp3) is 0.833. The molecule has 0 spiro atoms. The minimum absolute atomic E-state index is 0.149. The number of alkyl halides is 3. The summed E-state index contributed by atoms with van der Waals surface area (Å²) in [6.07, 6.45) is -3.48. The molecule has 20 heavy (non-hydrogen) atoms. The fourth-order valence-electron chi connectivity index (χ4n) is 2.41. The highest BCUT2D eigenvalue weighted by atomic mass is 19.4. The minimum Gasteiger partial charge on any atom is -0.364 e. The first-order valence-corrected chi connectivity index (χ1v) is 6.52. The molecule has 1 aromatic rings. The molecule has 8 heteroatoms. The molecule has 0 saturated carbocycles. The average Bonchev–Trinajstić information content (AvgIpc) is 2.94. The topological polar surface area (TPSA) is 60.2 Å². The summed E-state index contributed by atoms with van der Waals surface area (Å²) < 4.78 is 45.7. The zero-order valence-corrected chi connectivity index (χ0v) is 11.5. The summed E-state index contributed by atoms with van der Waals surface area (Å²) in [4.78, 5) is 4.20. The van der Waals surface area contributed by atoms with Gasteiger partial charge in [-0.25, -0.2) is 0 Å². The van der Waals surface area contributed by atoms with Crippen molar-refractivity contribution in [1.82, 2.24) is 15.5 Å². The van der Waals surface area contributed by atoms with E-state index >= 15 is 0 Å². The molecule has 0 bridgehead atoms. The van der Waals surface area contributed by atoms with Crippen LogP contribution in [-0.4, -0.2) is 36.0 Å². The summed E-state index contributed by atoms with van der Waals surface area (Å²) in [6, 6.07) is 0. The van der Waals surface area contributed by atoms with Crippen molar-refractivity contribution in [2.75, 3.05) is 19.7 Å². The molecule has 1 N–H and O–H groups in total. The van der Waals surface area contributed by atoms with E-state index in [4.69, 9.17) is 4.52 Å². The monoisotopic (exact) mass is 293 g/mol. The van der Waals surface area contributed by atoms with E-state index in [1.807, 2.05) is 0 Å². The van der Waals surface area contributed by atoms with Crippen LogP contribution in [0.3, 0.4) is 0 Å². The van der Waals surface area contributed by atoms with E-state index in [1.54, 1.807) is 0 Å². The molecule has 1 fully saturated rings. The van der Waals surface area contributed by atoms with Gasteiger partial charge < -0.3 is 14.6 Å². The second-order valence-corrected chi connectivity index (χ2v) is 5.36. The molecule has 2 heterocycles. The quantitative estimate of drug-likeness (QED) is 0.900. The van der Waals surface area contributed by atoms with Gasteiger partial charge in [-0.05, 0) is 18.9 Å². The second-order valence-electron chi connectivity index (χ2n) is 5.36. The number of ether oxygens (including phenoxy) is 1. The highest BCUT2D eigenvalue weighted by molar-refractivity contribution is 5.11. The van der Waals surface area contributed by atoms with Gasteiger partial charge in [-0.3, -0.25) is 0 Å². The Kier molecular flexibility index (Phi) is 4.33. The third-order valence-electron chi connectivity index (χ3n) is 3.68. The standard InChI is InChI=1S/C12H18F3N3O2/c1-8(2)11(3-4-16-6-11)10-17-9(18-20-10)5-19-7-12(13,14)15/h8,16H,3-7H2,1-2H3. The first-order valence-electron chi connectivity index (χ1n) is 6.52. The lowest BCUT2D eigenvalue weighted by atomic mass is 9.76. The Morgan fingerprint density at radius 1 is 1.45 bits per heavy atom. The van der Waals surface area contributed by atoms with Gasteiger partial charge in [0.05, 0.1) is 5.41 Å². The normalized spacial score (nSPS) is 23.7. The Morgan fingerprint density at radius 2 is 2.20 bits per heavy atom. The summed E-state index contributed by atoms with van der Waals surface area (Å²) in [6.45, 7) is 4.11. The van der Waals surface area contributed by atoms with Crippen molar-refractivity contribution in [1.29, 1.82) is 0 Å². The van der Waals surface area contributed by atoms with Crippen LogP contribution in [0.1, 0.15) is 32.0 Å². The number of halogens is 3. The molecule has 0 aromatic carbocycles.